The van der Waals surface area contributed by atoms with Crippen LogP contribution in [-0.4, -0.2) is 34.2 Å². The lowest BCUT2D eigenvalue weighted by atomic mass is 10.5. The van der Waals surface area contributed by atoms with Crippen molar-refractivity contribution in [1.29, 1.82) is 0 Å². The molecule has 8 heteroatoms. The molecule has 0 spiro atoms. The van der Waals surface area contributed by atoms with E-state index >= 15 is 0 Å². The molecule has 0 amide bonds. The highest BCUT2D eigenvalue weighted by molar-refractivity contribution is 7.80. The van der Waals surface area contributed by atoms with Crippen LogP contribution in [0.25, 0.3) is 0 Å². The van der Waals surface area contributed by atoms with Gasteiger partial charge >= 0.3 is 5.00 Å². The molecule has 1 rings (SSSR count). The Morgan fingerprint density at radius 1 is 1.61 bits per heavy atom. The number of thiocarbonyl (C=S) groups is 1. The topological polar surface area (TPSA) is 70.8 Å². The zero-order valence-corrected chi connectivity index (χ0v) is 11.8. The maximum absolute atomic E-state index is 10.5. The molecule has 0 fully saturated rings. The zero-order valence-electron chi connectivity index (χ0n) is 10.1. The van der Waals surface area contributed by atoms with Gasteiger partial charge in [0.05, 0.1) is 16.0 Å². The van der Waals surface area contributed by atoms with E-state index in [1.165, 1.54) is 12.3 Å². The van der Waals surface area contributed by atoms with Crippen molar-refractivity contribution >= 4 is 39.9 Å². The molecule has 1 aromatic rings. The average Bonchev–Trinajstić information content (AvgIpc) is 2.79. The summed E-state index contributed by atoms with van der Waals surface area (Å²) in [6, 6.07) is 3.10. The summed E-state index contributed by atoms with van der Waals surface area (Å²) in [5.41, 5.74) is 2.74. The van der Waals surface area contributed by atoms with Crippen molar-refractivity contribution < 1.29 is 4.92 Å². The van der Waals surface area contributed by atoms with E-state index in [0.29, 0.717) is 9.99 Å². The molecule has 0 saturated carbocycles. The lowest BCUT2D eigenvalue weighted by Gasteiger charge is -2.20. The molecular weight excluding hydrogens is 272 g/mol. The minimum atomic E-state index is -0.421. The minimum Gasteiger partial charge on any atom is -0.348 e. The zero-order chi connectivity index (χ0) is 13.5. The van der Waals surface area contributed by atoms with E-state index in [9.17, 15) is 10.1 Å². The van der Waals surface area contributed by atoms with Crippen molar-refractivity contribution in [2.75, 3.05) is 13.1 Å². The molecule has 1 N–H and O–H groups in total. The first-order chi connectivity index (χ1) is 8.58. The summed E-state index contributed by atoms with van der Waals surface area (Å²) >= 11 is 6.20. The van der Waals surface area contributed by atoms with E-state index < -0.39 is 4.92 Å². The predicted octanol–water partition coefficient (Wildman–Crippen LogP) is 2.21. The maximum Gasteiger partial charge on any atom is 0.324 e. The van der Waals surface area contributed by atoms with Gasteiger partial charge in [-0.15, -0.1) is 0 Å². The van der Waals surface area contributed by atoms with Gasteiger partial charge in [0, 0.05) is 19.2 Å². The molecule has 6 nitrogen and oxygen atoms in total. The summed E-state index contributed by atoms with van der Waals surface area (Å²) in [6.45, 7) is 5.62. The molecule has 0 saturated heterocycles. The fourth-order valence-electron chi connectivity index (χ4n) is 1.24. The van der Waals surface area contributed by atoms with E-state index in [-0.39, 0.29) is 5.00 Å². The monoisotopic (exact) mass is 286 g/mol. The summed E-state index contributed by atoms with van der Waals surface area (Å²) in [5.74, 6) is 0. The SMILES string of the molecule is CCN(CC)C(=S)N/N=C/c1ccc([N+](=O)[O-])s1. The van der Waals surface area contributed by atoms with Crippen LogP contribution in [0.4, 0.5) is 5.00 Å². The van der Waals surface area contributed by atoms with Crippen molar-refractivity contribution in [3.05, 3.63) is 27.1 Å². The van der Waals surface area contributed by atoms with Gasteiger partial charge in [0.25, 0.3) is 0 Å². The highest BCUT2D eigenvalue weighted by Crippen LogP contribution is 2.22. The Bertz CT molecular complexity index is 454. The van der Waals surface area contributed by atoms with Crippen molar-refractivity contribution in [2.45, 2.75) is 13.8 Å². The summed E-state index contributed by atoms with van der Waals surface area (Å²) in [6.07, 6.45) is 1.52. The van der Waals surface area contributed by atoms with Gasteiger partial charge in [0.1, 0.15) is 0 Å². The van der Waals surface area contributed by atoms with Gasteiger partial charge in [-0.05, 0) is 32.1 Å². The van der Waals surface area contributed by atoms with Crippen LogP contribution in [0.1, 0.15) is 18.7 Å². The molecule has 1 aromatic heterocycles. The molecule has 0 unspecified atom stereocenters. The van der Waals surface area contributed by atoms with Crippen molar-refractivity contribution in [3.8, 4) is 0 Å². The van der Waals surface area contributed by atoms with Gasteiger partial charge < -0.3 is 4.90 Å². The third kappa shape index (κ3) is 4.04. The highest BCUT2D eigenvalue weighted by atomic mass is 32.1. The molecule has 0 aliphatic heterocycles. The van der Waals surface area contributed by atoms with E-state index in [2.05, 4.69) is 10.5 Å². The number of nitro groups is 1. The number of nitrogens with zero attached hydrogens (tertiary/aromatic N) is 3. The van der Waals surface area contributed by atoms with Crippen LogP contribution in [0, 0.1) is 10.1 Å². The fraction of sp³-hybridized carbons (Fsp3) is 0.400. The number of hydrazone groups is 1. The summed E-state index contributed by atoms with van der Waals surface area (Å²) in [4.78, 5) is 12.7. The smallest absolute Gasteiger partial charge is 0.324 e. The predicted molar refractivity (Wildman–Crippen MR) is 77.2 cm³/mol. The first-order valence-corrected chi connectivity index (χ1v) is 6.63. The van der Waals surface area contributed by atoms with E-state index in [0.717, 1.165) is 24.4 Å². The number of hydrogen-bond acceptors (Lipinski definition) is 5. The van der Waals surface area contributed by atoms with Crippen LogP contribution >= 0.6 is 23.6 Å². The Morgan fingerprint density at radius 3 is 2.78 bits per heavy atom. The number of thiophene rings is 1. The molecular formula is C10H14N4O2S2. The normalized spacial score (nSPS) is 10.6. The van der Waals surface area contributed by atoms with Crippen LogP contribution < -0.4 is 5.43 Å². The van der Waals surface area contributed by atoms with Crippen molar-refractivity contribution in [1.82, 2.24) is 10.3 Å². The Morgan fingerprint density at radius 2 is 2.28 bits per heavy atom. The second-order valence-electron chi connectivity index (χ2n) is 3.28. The largest absolute Gasteiger partial charge is 0.348 e. The first-order valence-electron chi connectivity index (χ1n) is 5.40. The van der Waals surface area contributed by atoms with E-state index in [4.69, 9.17) is 12.2 Å². The summed E-state index contributed by atoms with van der Waals surface area (Å²) in [5, 5.41) is 15.1. The summed E-state index contributed by atoms with van der Waals surface area (Å²) < 4.78 is 0. The number of hydrogen-bond donors (Lipinski definition) is 1. The molecule has 0 bridgehead atoms. The molecule has 0 atom stereocenters. The van der Waals surface area contributed by atoms with Crippen molar-refractivity contribution in [2.24, 2.45) is 5.10 Å². The average molecular weight is 286 g/mol. The first kappa shape index (κ1) is 14.5. The Balaban J connectivity index is 2.54. The Hall–Kier alpha value is -1.54. The molecule has 18 heavy (non-hydrogen) atoms. The molecule has 1 heterocycles. The molecule has 0 aromatic carbocycles. The van der Waals surface area contributed by atoms with E-state index in [1.807, 2.05) is 18.7 Å². The second kappa shape index (κ2) is 7.02. The van der Waals surface area contributed by atoms with Crippen LogP contribution in [0.2, 0.25) is 0 Å². The van der Waals surface area contributed by atoms with Crippen LogP contribution in [-0.2, 0) is 0 Å². The Labute approximate surface area is 114 Å². The fourth-order valence-corrected chi connectivity index (χ4v) is 2.25. The maximum atomic E-state index is 10.5. The third-order valence-corrected chi connectivity index (χ3v) is 3.52. The van der Waals surface area contributed by atoms with Crippen LogP contribution in [0.3, 0.4) is 0 Å². The summed E-state index contributed by atoms with van der Waals surface area (Å²) in [7, 11) is 0. The lowest BCUT2D eigenvalue weighted by Crippen LogP contribution is -2.36. The van der Waals surface area contributed by atoms with Gasteiger partial charge in [-0.1, -0.05) is 11.3 Å². The number of nitrogens with one attached hydrogen (secondary N) is 1. The molecule has 98 valence electrons. The van der Waals surface area contributed by atoms with Gasteiger partial charge in [-0.25, -0.2) is 0 Å². The molecule has 0 radical (unpaired) electrons. The molecule has 0 aliphatic rings. The third-order valence-electron chi connectivity index (χ3n) is 2.20. The van der Waals surface area contributed by atoms with Crippen LogP contribution in [0.5, 0.6) is 0 Å². The molecule has 0 aliphatic carbocycles. The standard InChI is InChI=1S/C10H14N4O2S2/c1-3-13(4-2)10(17)12-11-7-8-5-6-9(18-8)14(15)16/h5-7H,3-4H2,1-2H3,(H,12,17)/b11-7+. The van der Waals surface area contributed by atoms with Gasteiger partial charge in [0.2, 0.25) is 0 Å². The van der Waals surface area contributed by atoms with Crippen LogP contribution in [0.15, 0.2) is 17.2 Å². The number of rotatable bonds is 5. The quantitative estimate of drug-likeness (QED) is 0.389. The Kier molecular flexibility index (Phi) is 5.66. The highest BCUT2D eigenvalue weighted by Gasteiger charge is 2.08. The van der Waals surface area contributed by atoms with E-state index in [1.54, 1.807) is 6.07 Å². The van der Waals surface area contributed by atoms with Crippen molar-refractivity contribution in [3.63, 3.8) is 0 Å². The second-order valence-corrected chi connectivity index (χ2v) is 4.76. The van der Waals surface area contributed by atoms with Gasteiger partial charge in [-0.3, -0.25) is 15.5 Å². The van der Waals surface area contributed by atoms with Gasteiger partial charge in [-0.2, -0.15) is 5.10 Å². The van der Waals surface area contributed by atoms with Gasteiger partial charge in [0.15, 0.2) is 5.11 Å². The lowest BCUT2D eigenvalue weighted by molar-refractivity contribution is -0.380. The minimum absolute atomic E-state index is 0.0998.